The molecule has 0 saturated carbocycles. The number of carbonyl (C=O) groups excluding carboxylic acids is 2. The summed E-state index contributed by atoms with van der Waals surface area (Å²) in [7, 11) is 3.77. The minimum absolute atomic E-state index is 0.00523. The van der Waals surface area contributed by atoms with Gasteiger partial charge >= 0.3 is 0 Å². The lowest BCUT2D eigenvalue weighted by molar-refractivity contribution is -0.133. The van der Waals surface area contributed by atoms with Gasteiger partial charge in [0.1, 0.15) is 0 Å². The van der Waals surface area contributed by atoms with Gasteiger partial charge in [0.2, 0.25) is 17.8 Å². The Bertz CT molecular complexity index is 881. The summed E-state index contributed by atoms with van der Waals surface area (Å²) in [5.41, 5.74) is 3.88. The molecule has 0 fully saturated rings. The molecule has 1 atom stereocenters. The average molecular weight is 381 g/mol. The van der Waals surface area contributed by atoms with Crippen molar-refractivity contribution in [3.63, 3.8) is 0 Å². The van der Waals surface area contributed by atoms with Crippen LogP contribution < -0.4 is 10.2 Å². The van der Waals surface area contributed by atoms with Gasteiger partial charge < -0.3 is 15.1 Å². The lowest BCUT2D eigenvalue weighted by atomic mass is 9.90. The first-order valence-corrected chi connectivity index (χ1v) is 9.48. The number of nitrogens with zero attached hydrogens (tertiary/aromatic N) is 4. The third kappa shape index (κ3) is 4.47. The van der Waals surface area contributed by atoms with Gasteiger partial charge in [0.15, 0.2) is 0 Å². The summed E-state index contributed by atoms with van der Waals surface area (Å²) in [5.74, 6) is 0.512. The quantitative estimate of drug-likeness (QED) is 0.857. The van der Waals surface area contributed by atoms with Crippen molar-refractivity contribution in [3.8, 4) is 0 Å². The lowest BCUT2D eigenvalue weighted by Gasteiger charge is -2.36. The smallest absolute Gasteiger partial charge is 0.225 e. The second-order valence-electron chi connectivity index (χ2n) is 7.35. The molecule has 0 bridgehead atoms. The molecule has 1 aliphatic rings. The fourth-order valence-electron chi connectivity index (χ4n) is 3.59. The topological polar surface area (TPSA) is 78.4 Å². The van der Waals surface area contributed by atoms with Crippen LogP contribution in [0.25, 0.3) is 0 Å². The number of aromatic nitrogens is 2. The maximum Gasteiger partial charge on any atom is 0.225 e. The fourth-order valence-corrected chi connectivity index (χ4v) is 3.59. The molecule has 2 heterocycles. The van der Waals surface area contributed by atoms with Crippen LogP contribution in [0.4, 0.5) is 5.95 Å². The molecule has 2 aromatic rings. The predicted molar refractivity (Wildman–Crippen MR) is 108 cm³/mol. The monoisotopic (exact) mass is 381 g/mol. The van der Waals surface area contributed by atoms with Crippen molar-refractivity contribution in [3.05, 3.63) is 52.8 Å². The van der Waals surface area contributed by atoms with Crippen LogP contribution >= 0.6 is 0 Å². The number of fused-ring (bicyclic) bond motifs is 1. The summed E-state index contributed by atoms with van der Waals surface area (Å²) < 4.78 is 0. The number of hydrogen-bond donors (Lipinski definition) is 1. The molecule has 1 aromatic heterocycles. The van der Waals surface area contributed by atoms with E-state index in [1.54, 1.807) is 11.8 Å². The maximum atomic E-state index is 12.7. The van der Waals surface area contributed by atoms with E-state index >= 15 is 0 Å². The van der Waals surface area contributed by atoms with Gasteiger partial charge in [0, 0.05) is 33.3 Å². The summed E-state index contributed by atoms with van der Waals surface area (Å²) in [6.45, 7) is 4.44. The van der Waals surface area contributed by atoms with E-state index in [9.17, 15) is 9.59 Å². The van der Waals surface area contributed by atoms with E-state index in [1.165, 1.54) is 5.56 Å². The molecule has 1 aromatic carbocycles. The zero-order valence-electron chi connectivity index (χ0n) is 16.9. The predicted octanol–water partition coefficient (Wildman–Crippen LogP) is 2.00. The molecule has 3 rings (SSSR count). The fraction of sp³-hybridized carbons (Fsp3) is 0.429. The lowest BCUT2D eigenvalue weighted by Crippen LogP contribution is -2.41. The Balaban J connectivity index is 1.71. The minimum Gasteiger partial charge on any atom is -0.350 e. The summed E-state index contributed by atoms with van der Waals surface area (Å²) in [6.07, 6.45) is 1.06. The number of hydrogen-bond acceptors (Lipinski definition) is 5. The number of anilines is 1. The van der Waals surface area contributed by atoms with Gasteiger partial charge in [-0.1, -0.05) is 24.3 Å². The highest BCUT2D eigenvalue weighted by atomic mass is 16.2. The molecule has 0 spiro atoms. The number of carbonyl (C=O) groups is 2. The van der Waals surface area contributed by atoms with Gasteiger partial charge in [0.25, 0.3) is 0 Å². The first-order chi connectivity index (χ1) is 13.3. The first-order valence-electron chi connectivity index (χ1n) is 9.48. The molecule has 1 N–H and O–H groups in total. The molecule has 7 heteroatoms. The highest BCUT2D eigenvalue weighted by molar-refractivity contribution is 5.79. The Hall–Kier alpha value is -2.96. The van der Waals surface area contributed by atoms with Gasteiger partial charge in [-0.15, -0.1) is 0 Å². The van der Waals surface area contributed by atoms with Gasteiger partial charge in [-0.25, -0.2) is 9.97 Å². The van der Waals surface area contributed by atoms with Crippen LogP contribution in [0.2, 0.25) is 0 Å². The van der Waals surface area contributed by atoms with Crippen molar-refractivity contribution in [2.24, 2.45) is 0 Å². The standard InChI is InChI=1S/C21H27N5O2/c1-14-11-17(24-21(23-14)25(3)4)13-22-20(28)12-19-18-8-6-5-7-16(18)9-10-26(19)15(2)27/h5-8,11,19H,9-10,12-13H2,1-4H3,(H,22,28)/t19-/m0/s1. The van der Waals surface area contributed by atoms with Crippen molar-refractivity contribution in [1.82, 2.24) is 20.2 Å². The minimum atomic E-state index is -0.230. The number of nitrogens with one attached hydrogen (secondary N) is 1. The number of aryl methyl sites for hydroxylation is 1. The van der Waals surface area contributed by atoms with E-state index < -0.39 is 0 Å². The highest BCUT2D eigenvalue weighted by Gasteiger charge is 2.30. The van der Waals surface area contributed by atoms with E-state index in [4.69, 9.17) is 0 Å². The SMILES string of the molecule is CC(=O)N1CCc2ccccc2[C@@H]1CC(=O)NCc1cc(C)nc(N(C)C)n1. The molecule has 0 aliphatic carbocycles. The molecular weight excluding hydrogens is 354 g/mol. The first kappa shape index (κ1) is 19.8. The molecular formula is C21H27N5O2. The maximum absolute atomic E-state index is 12.7. The van der Waals surface area contributed by atoms with Gasteiger partial charge in [-0.2, -0.15) is 0 Å². The molecule has 28 heavy (non-hydrogen) atoms. The van der Waals surface area contributed by atoms with E-state index in [1.807, 2.05) is 50.2 Å². The normalized spacial score (nSPS) is 15.7. The van der Waals surface area contributed by atoms with Gasteiger partial charge in [0.05, 0.1) is 24.7 Å². The third-order valence-electron chi connectivity index (χ3n) is 4.96. The number of amides is 2. The average Bonchev–Trinajstić information content (AvgIpc) is 2.66. The van der Waals surface area contributed by atoms with Crippen LogP contribution in [-0.2, 0) is 22.6 Å². The molecule has 1 aliphatic heterocycles. The van der Waals surface area contributed by atoms with Crippen LogP contribution in [0.15, 0.2) is 30.3 Å². The van der Waals surface area contributed by atoms with E-state index in [2.05, 4.69) is 21.4 Å². The van der Waals surface area contributed by atoms with Crippen molar-refractivity contribution in [2.45, 2.75) is 39.3 Å². The Morgan fingerprint density at radius 3 is 2.71 bits per heavy atom. The molecule has 7 nitrogen and oxygen atoms in total. The zero-order valence-corrected chi connectivity index (χ0v) is 16.9. The van der Waals surface area contributed by atoms with E-state index in [-0.39, 0.29) is 24.3 Å². The summed E-state index contributed by atoms with van der Waals surface area (Å²) in [6, 6.07) is 9.68. The molecule has 0 radical (unpaired) electrons. The highest BCUT2D eigenvalue weighted by Crippen LogP contribution is 2.32. The van der Waals surface area contributed by atoms with Crippen molar-refractivity contribution < 1.29 is 9.59 Å². The second-order valence-corrected chi connectivity index (χ2v) is 7.35. The Labute approximate surface area is 165 Å². The number of rotatable bonds is 5. The Morgan fingerprint density at radius 2 is 2.00 bits per heavy atom. The van der Waals surface area contributed by atoms with Crippen LogP contribution in [-0.4, -0.2) is 47.3 Å². The van der Waals surface area contributed by atoms with E-state index in [0.29, 0.717) is 19.0 Å². The van der Waals surface area contributed by atoms with Gasteiger partial charge in [-0.3, -0.25) is 9.59 Å². The van der Waals surface area contributed by atoms with Crippen molar-refractivity contribution in [1.29, 1.82) is 0 Å². The van der Waals surface area contributed by atoms with Crippen molar-refractivity contribution >= 4 is 17.8 Å². The van der Waals surface area contributed by atoms with Crippen LogP contribution in [0, 0.1) is 6.92 Å². The van der Waals surface area contributed by atoms with Crippen LogP contribution in [0.5, 0.6) is 0 Å². The molecule has 2 amide bonds. The molecule has 148 valence electrons. The summed E-state index contributed by atoms with van der Waals surface area (Å²) in [5, 5.41) is 2.94. The molecule has 0 unspecified atom stereocenters. The summed E-state index contributed by atoms with van der Waals surface area (Å²) in [4.78, 5) is 37.2. The Morgan fingerprint density at radius 1 is 1.25 bits per heavy atom. The van der Waals surface area contributed by atoms with Gasteiger partial charge in [-0.05, 0) is 30.5 Å². The van der Waals surface area contributed by atoms with E-state index in [0.717, 1.165) is 23.4 Å². The zero-order chi connectivity index (χ0) is 20.3. The molecule has 0 saturated heterocycles. The third-order valence-corrected chi connectivity index (χ3v) is 4.96. The number of benzene rings is 1. The van der Waals surface area contributed by atoms with Crippen LogP contribution in [0.1, 0.15) is 41.9 Å². The van der Waals surface area contributed by atoms with Crippen molar-refractivity contribution in [2.75, 3.05) is 25.5 Å². The second kappa shape index (κ2) is 8.37. The summed E-state index contributed by atoms with van der Waals surface area (Å²) >= 11 is 0. The van der Waals surface area contributed by atoms with Crippen LogP contribution in [0.3, 0.4) is 0 Å². The Kier molecular flexibility index (Phi) is 5.92. The largest absolute Gasteiger partial charge is 0.350 e.